The summed E-state index contributed by atoms with van der Waals surface area (Å²) in [5, 5.41) is 0. The van der Waals surface area contributed by atoms with E-state index in [4.69, 9.17) is 0 Å². The quantitative estimate of drug-likeness (QED) is 0.524. The average molecular weight is 101 g/mol. The van der Waals surface area contributed by atoms with E-state index < -0.39 is 0 Å². The Hall–Kier alpha value is -0.760. The van der Waals surface area contributed by atoms with E-state index in [9.17, 15) is 0 Å². The van der Waals surface area contributed by atoms with Crippen LogP contribution in [0.4, 0.5) is 0 Å². The van der Waals surface area contributed by atoms with Crippen LogP contribution in [0.5, 0.6) is 0 Å². The third-order valence-corrected chi connectivity index (χ3v) is 0.192. The summed E-state index contributed by atoms with van der Waals surface area (Å²) in [6.45, 7) is 6.51. The lowest BCUT2D eigenvalue weighted by Gasteiger charge is -1.76. The molecular formula is C5H11NO. The minimum atomic E-state index is 1.31. The highest BCUT2D eigenvalue weighted by atomic mass is 16.5. The van der Waals surface area contributed by atoms with Gasteiger partial charge in [-0.3, -0.25) is 0 Å². The maximum atomic E-state index is 4.50. The third-order valence-electron chi connectivity index (χ3n) is 0.192. The summed E-state index contributed by atoms with van der Waals surface area (Å²) in [4.78, 5) is 0. The lowest BCUT2D eigenvalue weighted by molar-refractivity contribution is 0.406. The summed E-state index contributed by atoms with van der Waals surface area (Å²) in [6.07, 6.45) is 2.62. The van der Waals surface area contributed by atoms with Gasteiger partial charge >= 0.3 is 0 Å². The molecule has 0 aromatic rings. The molecule has 0 fully saturated rings. The molecule has 0 aliphatic carbocycles. The van der Waals surface area contributed by atoms with Gasteiger partial charge in [0.2, 0.25) is 0 Å². The van der Waals surface area contributed by atoms with Crippen molar-refractivity contribution in [2.24, 2.45) is 5.73 Å². The van der Waals surface area contributed by atoms with Crippen LogP contribution >= 0.6 is 0 Å². The number of hydrogen-bond donors (Lipinski definition) is 1. The fourth-order valence-corrected chi connectivity index (χ4v) is 0.0680. The molecule has 0 unspecified atom stereocenters. The molecule has 0 bridgehead atoms. The lowest BCUT2D eigenvalue weighted by Crippen LogP contribution is -1.69. The molecule has 0 aliphatic heterocycles. The molecule has 42 valence electrons. The first-order valence-corrected chi connectivity index (χ1v) is 1.87. The van der Waals surface area contributed by atoms with Crippen molar-refractivity contribution in [1.29, 1.82) is 0 Å². The third kappa shape index (κ3) is 35.8. The molecule has 0 spiro atoms. The minimum absolute atomic E-state index is 1.31. The van der Waals surface area contributed by atoms with Crippen LogP contribution in [-0.2, 0) is 4.74 Å². The van der Waals surface area contributed by atoms with Gasteiger partial charge in [-0.25, -0.2) is 0 Å². The Morgan fingerprint density at radius 1 is 1.29 bits per heavy atom. The fourth-order valence-electron chi connectivity index (χ4n) is 0.0680. The van der Waals surface area contributed by atoms with Crippen molar-refractivity contribution in [1.82, 2.24) is 0 Å². The molecule has 0 rings (SSSR count). The Bertz CT molecular complexity index is 37.3. The monoisotopic (exact) mass is 101 g/mol. The Morgan fingerprint density at radius 3 is 1.57 bits per heavy atom. The van der Waals surface area contributed by atoms with Gasteiger partial charge in [-0.15, -0.1) is 0 Å². The fraction of sp³-hybridized carbons (Fsp3) is 0.200. The van der Waals surface area contributed by atoms with E-state index in [1.54, 1.807) is 0 Å². The maximum Gasteiger partial charge on any atom is 0.0829 e. The molecule has 0 radical (unpaired) electrons. The topological polar surface area (TPSA) is 35.2 Å². The second-order valence-electron chi connectivity index (χ2n) is 0.469. The van der Waals surface area contributed by atoms with Crippen LogP contribution in [0.15, 0.2) is 25.7 Å². The zero-order valence-corrected chi connectivity index (χ0v) is 4.55. The molecule has 2 nitrogen and oxygen atoms in total. The van der Waals surface area contributed by atoms with Crippen molar-refractivity contribution >= 4 is 0 Å². The predicted octanol–water partition coefficient (Wildman–Crippen LogP) is 0.865. The van der Waals surface area contributed by atoms with Crippen LogP contribution in [0.25, 0.3) is 0 Å². The zero-order chi connectivity index (χ0) is 6.12. The Balaban J connectivity index is 0. The van der Waals surface area contributed by atoms with Crippen LogP contribution in [0, 0.1) is 0 Å². The van der Waals surface area contributed by atoms with E-state index >= 15 is 0 Å². The van der Waals surface area contributed by atoms with Gasteiger partial charge in [-0.2, -0.15) is 0 Å². The maximum absolute atomic E-state index is 4.50. The summed E-state index contributed by atoms with van der Waals surface area (Å²) < 4.78 is 4.36. The van der Waals surface area contributed by atoms with E-state index in [1.807, 2.05) is 0 Å². The molecule has 0 aliphatic rings. The summed E-state index contributed by atoms with van der Waals surface area (Å²) in [7, 11) is 1.50. The molecule has 2 heteroatoms. The first-order chi connectivity index (χ1) is 3.41. The van der Waals surface area contributed by atoms with Crippen molar-refractivity contribution in [2.45, 2.75) is 0 Å². The number of nitrogens with two attached hydrogens (primary N) is 1. The van der Waals surface area contributed by atoms with E-state index in [1.165, 1.54) is 19.6 Å². The van der Waals surface area contributed by atoms with Crippen molar-refractivity contribution in [3.63, 3.8) is 0 Å². The van der Waals surface area contributed by atoms with Gasteiger partial charge in [0.1, 0.15) is 0 Å². The second kappa shape index (κ2) is 18.8. The van der Waals surface area contributed by atoms with Crippen molar-refractivity contribution in [2.75, 3.05) is 7.05 Å². The predicted molar refractivity (Wildman–Crippen MR) is 31.6 cm³/mol. The molecule has 0 saturated carbocycles. The molecule has 0 saturated heterocycles. The van der Waals surface area contributed by atoms with Gasteiger partial charge < -0.3 is 10.5 Å². The van der Waals surface area contributed by atoms with Crippen molar-refractivity contribution in [3.05, 3.63) is 25.7 Å². The summed E-state index contributed by atoms with van der Waals surface area (Å²) in [6, 6.07) is 0. The van der Waals surface area contributed by atoms with Crippen LogP contribution in [0.2, 0.25) is 0 Å². The van der Waals surface area contributed by atoms with Gasteiger partial charge in [0, 0.05) is 0 Å². The number of hydrogen-bond acceptors (Lipinski definition) is 2. The molecule has 0 aromatic heterocycles. The molecule has 7 heavy (non-hydrogen) atoms. The van der Waals surface area contributed by atoms with Crippen LogP contribution in [-0.4, -0.2) is 7.05 Å². The summed E-state index contributed by atoms with van der Waals surface area (Å²) >= 11 is 0. The highest BCUT2D eigenvalue weighted by molar-refractivity contribution is 4.57. The van der Waals surface area contributed by atoms with Crippen molar-refractivity contribution < 1.29 is 4.74 Å². The van der Waals surface area contributed by atoms with Gasteiger partial charge in [0.15, 0.2) is 0 Å². The Morgan fingerprint density at radius 2 is 1.57 bits per heavy atom. The first kappa shape index (κ1) is 9.53. The Labute approximate surface area is 44.3 Å². The molecule has 2 N–H and O–H groups in total. The molecule has 0 aromatic carbocycles. The van der Waals surface area contributed by atoms with E-state index in [2.05, 4.69) is 23.6 Å². The van der Waals surface area contributed by atoms with E-state index in [0.717, 1.165) is 0 Å². The standard InChI is InChI=1S/C4H6O.CH5N/c1-3-5-4-2;1-2/h3-4H,1-2H2;2H2,1H3. The highest BCUT2D eigenvalue weighted by Gasteiger charge is 1.45. The van der Waals surface area contributed by atoms with Gasteiger partial charge in [0.25, 0.3) is 0 Å². The highest BCUT2D eigenvalue weighted by Crippen LogP contribution is 1.65. The summed E-state index contributed by atoms with van der Waals surface area (Å²) in [5.74, 6) is 0. The smallest absolute Gasteiger partial charge is 0.0829 e. The largest absolute Gasteiger partial charge is 0.474 e. The van der Waals surface area contributed by atoms with Crippen molar-refractivity contribution in [3.8, 4) is 0 Å². The van der Waals surface area contributed by atoms with E-state index in [0.29, 0.717) is 0 Å². The van der Waals surface area contributed by atoms with Crippen LogP contribution in [0.3, 0.4) is 0 Å². The summed E-state index contributed by atoms with van der Waals surface area (Å²) in [5.41, 5.74) is 4.50. The SMILES string of the molecule is C=COC=C.CN. The molecular weight excluding hydrogens is 90.1 g/mol. The number of ether oxygens (including phenoxy) is 1. The minimum Gasteiger partial charge on any atom is -0.474 e. The lowest BCUT2D eigenvalue weighted by atomic mass is 11.1. The van der Waals surface area contributed by atoms with E-state index in [-0.39, 0.29) is 0 Å². The average Bonchev–Trinajstić information content (AvgIpc) is 1.75. The molecule has 0 amide bonds. The van der Waals surface area contributed by atoms with Crippen LogP contribution in [0.1, 0.15) is 0 Å². The van der Waals surface area contributed by atoms with Gasteiger partial charge in [0.05, 0.1) is 12.5 Å². The van der Waals surface area contributed by atoms with Gasteiger partial charge in [-0.05, 0) is 7.05 Å². The first-order valence-electron chi connectivity index (χ1n) is 1.87. The molecule has 0 heterocycles. The van der Waals surface area contributed by atoms with Gasteiger partial charge in [-0.1, -0.05) is 13.2 Å². The Kier molecular flexibility index (Phi) is 25.6. The normalized spacial score (nSPS) is 4.86. The molecule has 0 atom stereocenters. The second-order valence-corrected chi connectivity index (χ2v) is 0.469. The number of rotatable bonds is 2. The van der Waals surface area contributed by atoms with Crippen LogP contribution < -0.4 is 5.73 Å². The zero-order valence-electron chi connectivity index (χ0n) is 4.55.